The van der Waals surface area contributed by atoms with Crippen LogP contribution in [0.25, 0.3) is 0 Å². The number of nitrogen functional groups attached to an aromatic ring is 1. The van der Waals surface area contributed by atoms with Crippen molar-refractivity contribution in [1.29, 1.82) is 0 Å². The van der Waals surface area contributed by atoms with Gasteiger partial charge in [-0.2, -0.15) is 0 Å². The monoisotopic (exact) mass is 486 g/mol. The number of aryl methyl sites for hydroxylation is 2. The average molecular weight is 486 g/mol. The van der Waals surface area contributed by atoms with Gasteiger partial charge >= 0.3 is 5.69 Å². The Hall–Kier alpha value is -4.59. The van der Waals surface area contributed by atoms with Crippen molar-refractivity contribution in [3.63, 3.8) is 0 Å². The summed E-state index contributed by atoms with van der Waals surface area (Å²) in [5.41, 5.74) is 5.25. The molecule has 0 fully saturated rings. The molecule has 0 aromatic heterocycles. The van der Waals surface area contributed by atoms with E-state index in [1.54, 1.807) is 26.0 Å². The molecule has 0 saturated carbocycles. The van der Waals surface area contributed by atoms with Gasteiger partial charge in [-0.05, 0) is 43.7 Å². The molecule has 3 aromatic rings. The third-order valence-corrected chi connectivity index (χ3v) is 6.07. The highest BCUT2D eigenvalue weighted by molar-refractivity contribution is 7.92. The number of non-ortho nitro benzene ring substituents is 1. The Balaban J connectivity index is 2.08. The van der Waals surface area contributed by atoms with Gasteiger partial charge < -0.3 is 10.8 Å². The molecule has 0 aliphatic carbocycles. The fraction of sp³-hybridized carbons (Fsp3) is 0.100. The number of hydrogen-bond acceptors (Lipinski definition) is 10. The van der Waals surface area contributed by atoms with Gasteiger partial charge in [0.1, 0.15) is 11.4 Å². The van der Waals surface area contributed by atoms with Crippen molar-refractivity contribution in [2.24, 2.45) is 10.2 Å². The third kappa shape index (κ3) is 5.07. The van der Waals surface area contributed by atoms with E-state index in [2.05, 4.69) is 15.0 Å². The number of nitro benzene ring substituents is 2. The number of sulfonamides is 1. The Morgan fingerprint density at radius 3 is 2.15 bits per heavy atom. The van der Waals surface area contributed by atoms with Gasteiger partial charge in [-0.3, -0.25) is 25.0 Å². The molecule has 0 bridgehead atoms. The van der Waals surface area contributed by atoms with Crippen LogP contribution in [0.5, 0.6) is 5.75 Å². The number of phenolic OH excluding ortho intramolecular Hbond substituents is 1. The zero-order valence-corrected chi connectivity index (χ0v) is 18.6. The topological polar surface area (TPSA) is 203 Å². The maximum atomic E-state index is 12.8. The zero-order chi connectivity index (χ0) is 25.2. The summed E-state index contributed by atoms with van der Waals surface area (Å²) in [5.74, 6) is -0.937. The molecule has 0 atom stereocenters. The number of nitrogens with zero attached hydrogens (tertiary/aromatic N) is 4. The summed E-state index contributed by atoms with van der Waals surface area (Å²) < 4.78 is 28.0. The van der Waals surface area contributed by atoms with Crippen LogP contribution in [-0.4, -0.2) is 23.4 Å². The molecule has 34 heavy (non-hydrogen) atoms. The average Bonchev–Trinajstić information content (AvgIpc) is 2.75. The lowest BCUT2D eigenvalue weighted by molar-refractivity contribution is -0.394. The molecule has 0 unspecified atom stereocenters. The highest BCUT2D eigenvalue weighted by Crippen LogP contribution is 2.41. The van der Waals surface area contributed by atoms with E-state index in [9.17, 15) is 33.8 Å². The van der Waals surface area contributed by atoms with Crippen molar-refractivity contribution in [3.8, 4) is 5.75 Å². The molecule has 3 rings (SSSR count). The lowest BCUT2D eigenvalue weighted by Gasteiger charge is -2.12. The fourth-order valence-electron chi connectivity index (χ4n) is 2.81. The Bertz CT molecular complexity index is 1440. The quantitative estimate of drug-likeness (QED) is 0.185. The van der Waals surface area contributed by atoms with E-state index in [4.69, 9.17) is 5.73 Å². The van der Waals surface area contributed by atoms with E-state index < -0.39 is 42.7 Å². The van der Waals surface area contributed by atoms with Gasteiger partial charge in [0, 0.05) is 11.8 Å². The van der Waals surface area contributed by atoms with Crippen LogP contribution < -0.4 is 10.5 Å². The summed E-state index contributed by atoms with van der Waals surface area (Å²) in [7, 11) is -4.04. The van der Waals surface area contributed by atoms with Crippen LogP contribution in [0.1, 0.15) is 11.1 Å². The van der Waals surface area contributed by atoms with Crippen LogP contribution in [-0.2, 0) is 10.0 Å². The first-order chi connectivity index (χ1) is 15.9. The number of azo groups is 1. The van der Waals surface area contributed by atoms with Gasteiger partial charge in [-0.25, -0.2) is 8.42 Å². The number of nitrogens with two attached hydrogens (primary N) is 1. The van der Waals surface area contributed by atoms with Gasteiger partial charge in [0.2, 0.25) is 5.75 Å². The molecule has 14 heteroatoms. The molecule has 0 aliphatic heterocycles. The van der Waals surface area contributed by atoms with Crippen LogP contribution >= 0.6 is 0 Å². The van der Waals surface area contributed by atoms with Crippen LogP contribution in [0.2, 0.25) is 0 Å². The fourth-order valence-corrected chi connectivity index (χ4v) is 3.88. The van der Waals surface area contributed by atoms with Gasteiger partial charge in [-0.15, -0.1) is 10.2 Å². The Labute approximate surface area is 192 Å². The molecular formula is C20H18N6O7S. The number of nitrogens with one attached hydrogen (secondary N) is 1. The Morgan fingerprint density at radius 2 is 1.56 bits per heavy atom. The SMILES string of the molecule is Cc1ccc(S(=O)(=O)Nc2cc(N)c(C)cc2N=Nc2cc([N+](=O)[O-])cc([N+](=O)[O-])c2O)cc1. The largest absolute Gasteiger partial charge is 0.501 e. The standard InChI is InChI=1S/C20H18N6O7S/c1-11-3-5-14(6-4-11)34(32,33)24-17-10-15(21)12(2)7-16(17)22-23-18-8-13(25(28)29)9-19(20(18)27)26(30)31/h3-10,24,27H,21H2,1-2H3. The first kappa shape index (κ1) is 24.1. The van der Waals surface area contributed by atoms with Gasteiger partial charge in [0.15, 0.2) is 0 Å². The summed E-state index contributed by atoms with van der Waals surface area (Å²) in [6, 6.07) is 10.2. The van der Waals surface area contributed by atoms with Crippen molar-refractivity contribution < 1.29 is 23.4 Å². The molecule has 0 radical (unpaired) electrons. The maximum absolute atomic E-state index is 12.8. The highest BCUT2D eigenvalue weighted by atomic mass is 32.2. The molecule has 176 valence electrons. The van der Waals surface area contributed by atoms with E-state index >= 15 is 0 Å². The minimum absolute atomic E-state index is 0.0212. The minimum Gasteiger partial charge on any atom is -0.501 e. The smallest absolute Gasteiger partial charge is 0.319 e. The second kappa shape index (κ2) is 9.11. The van der Waals surface area contributed by atoms with Crippen molar-refractivity contribution >= 4 is 44.1 Å². The van der Waals surface area contributed by atoms with Crippen molar-refractivity contribution in [2.45, 2.75) is 18.7 Å². The highest BCUT2D eigenvalue weighted by Gasteiger charge is 2.24. The van der Waals surface area contributed by atoms with Crippen LogP contribution in [0, 0.1) is 34.1 Å². The van der Waals surface area contributed by atoms with Gasteiger partial charge in [0.25, 0.3) is 15.7 Å². The van der Waals surface area contributed by atoms with Crippen LogP contribution in [0.3, 0.4) is 0 Å². The molecule has 0 aliphatic rings. The summed E-state index contributed by atoms with van der Waals surface area (Å²) >= 11 is 0. The van der Waals surface area contributed by atoms with E-state index in [0.717, 1.165) is 11.6 Å². The number of nitro groups is 2. The zero-order valence-electron chi connectivity index (χ0n) is 17.8. The molecule has 3 aromatic carbocycles. The van der Waals surface area contributed by atoms with E-state index in [0.29, 0.717) is 11.6 Å². The molecule has 0 spiro atoms. The van der Waals surface area contributed by atoms with Crippen molar-refractivity contribution in [3.05, 3.63) is 79.9 Å². The van der Waals surface area contributed by atoms with Crippen molar-refractivity contribution in [1.82, 2.24) is 0 Å². The molecule has 0 saturated heterocycles. The van der Waals surface area contributed by atoms with Crippen molar-refractivity contribution in [2.75, 3.05) is 10.5 Å². The number of hydrogen-bond donors (Lipinski definition) is 3. The lowest BCUT2D eigenvalue weighted by atomic mass is 10.1. The summed E-state index contributed by atoms with van der Waals surface area (Å²) in [4.78, 5) is 20.3. The number of aromatic hydroxyl groups is 1. The second-order valence-corrected chi connectivity index (χ2v) is 8.87. The first-order valence-corrected chi connectivity index (χ1v) is 10.9. The molecular weight excluding hydrogens is 468 g/mol. The van der Waals surface area contributed by atoms with Crippen LogP contribution in [0.15, 0.2) is 63.7 Å². The maximum Gasteiger partial charge on any atom is 0.319 e. The number of anilines is 2. The first-order valence-electron chi connectivity index (χ1n) is 9.46. The Morgan fingerprint density at radius 1 is 0.941 bits per heavy atom. The minimum atomic E-state index is -4.04. The lowest BCUT2D eigenvalue weighted by Crippen LogP contribution is -2.13. The number of phenols is 1. The van der Waals surface area contributed by atoms with E-state index in [-0.39, 0.29) is 22.0 Å². The molecule has 13 nitrogen and oxygen atoms in total. The van der Waals surface area contributed by atoms with Crippen LogP contribution in [0.4, 0.5) is 34.1 Å². The second-order valence-electron chi connectivity index (χ2n) is 7.19. The van der Waals surface area contributed by atoms with Gasteiger partial charge in [-0.1, -0.05) is 17.7 Å². The summed E-state index contributed by atoms with van der Waals surface area (Å²) in [5, 5.41) is 39.9. The predicted octanol–water partition coefficient (Wildman–Crippen LogP) is 4.62. The molecule has 0 heterocycles. The summed E-state index contributed by atoms with van der Waals surface area (Å²) in [6.45, 7) is 3.43. The summed E-state index contributed by atoms with van der Waals surface area (Å²) in [6.07, 6.45) is 0. The number of rotatable bonds is 7. The van der Waals surface area contributed by atoms with Gasteiger partial charge in [0.05, 0.1) is 26.5 Å². The molecule has 0 amide bonds. The van der Waals surface area contributed by atoms with E-state index in [1.807, 2.05) is 0 Å². The predicted molar refractivity (Wildman–Crippen MR) is 123 cm³/mol. The molecule has 4 N–H and O–H groups in total. The van der Waals surface area contributed by atoms with E-state index in [1.165, 1.54) is 24.3 Å². The third-order valence-electron chi connectivity index (χ3n) is 4.69. The normalized spacial score (nSPS) is 11.5. The number of benzene rings is 3. The Kier molecular flexibility index (Phi) is 6.45.